The molecule has 35 heavy (non-hydrogen) atoms. The maximum absolute atomic E-state index is 15.0. The lowest BCUT2D eigenvalue weighted by Crippen LogP contribution is -2.40. The molecule has 2 atom stereocenters. The van der Waals surface area contributed by atoms with Crippen molar-refractivity contribution in [2.75, 3.05) is 32.2 Å². The molecule has 0 bridgehead atoms. The minimum atomic E-state index is -1.42. The molecule has 10 heteroatoms. The molecule has 1 aromatic carbocycles. The second kappa shape index (κ2) is 11.0. The zero-order chi connectivity index (χ0) is 24.9. The fourth-order valence-corrected chi connectivity index (χ4v) is 4.34. The molecule has 2 aromatic rings. The average molecular weight is 489 g/mol. The number of nitrogens with one attached hydrogen (secondary N) is 1. The number of benzene rings is 1. The second-order valence-corrected chi connectivity index (χ2v) is 8.63. The third-order valence-corrected chi connectivity index (χ3v) is 6.23. The minimum absolute atomic E-state index is 0.0994. The molecule has 0 saturated carbocycles. The van der Waals surface area contributed by atoms with Crippen LogP contribution >= 0.6 is 0 Å². The third-order valence-electron chi connectivity index (χ3n) is 6.23. The SMILES string of the molecule is Nc1ncc(C2CCOCC2)nc1-c1ccc(C(=O)N[C@H](CO)C2=CC(CF)=CC(F)C2)c(F)c1. The molecule has 1 aliphatic heterocycles. The van der Waals surface area contributed by atoms with Crippen LogP contribution in [0.25, 0.3) is 11.3 Å². The predicted octanol–water partition coefficient (Wildman–Crippen LogP) is 3.41. The minimum Gasteiger partial charge on any atom is -0.394 e. The maximum atomic E-state index is 15.0. The first-order valence-corrected chi connectivity index (χ1v) is 11.4. The number of nitrogen functional groups attached to an aromatic ring is 1. The molecule has 1 amide bonds. The molecule has 1 unspecified atom stereocenters. The van der Waals surface area contributed by atoms with E-state index in [1.165, 1.54) is 18.2 Å². The molecule has 2 heterocycles. The van der Waals surface area contributed by atoms with Gasteiger partial charge in [-0.25, -0.2) is 23.1 Å². The van der Waals surface area contributed by atoms with E-state index < -0.39 is 37.2 Å². The van der Waals surface area contributed by atoms with Crippen molar-refractivity contribution >= 4 is 11.7 Å². The van der Waals surface area contributed by atoms with Crippen molar-refractivity contribution in [3.8, 4) is 11.3 Å². The highest BCUT2D eigenvalue weighted by molar-refractivity contribution is 5.95. The number of aromatic nitrogens is 2. The lowest BCUT2D eigenvalue weighted by Gasteiger charge is -2.24. The van der Waals surface area contributed by atoms with Crippen LogP contribution in [-0.4, -0.2) is 59.7 Å². The molecule has 7 nitrogen and oxygen atoms in total. The number of aliphatic hydroxyl groups excluding tert-OH is 1. The summed E-state index contributed by atoms with van der Waals surface area (Å²) in [6, 6.07) is 2.98. The van der Waals surface area contributed by atoms with Crippen LogP contribution < -0.4 is 11.1 Å². The fraction of sp³-hybridized carbons (Fsp3) is 0.400. The van der Waals surface area contributed by atoms with Gasteiger partial charge >= 0.3 is 0 Å². The Kier molecular flexibility index (Phi) is 7.82. The molecule has 186 valence electrons. The van der Waals surface area contributed by atoms with E-state index >= 15 is 0 Å². The number of hydrogen-bond donors (Lipinski definition) is 3. The van der Waals surface area contributed by atoms with E-state index in [-0.39, 0.29) is 29.3 Å². The molecule has 1 aliphatic carbocycles. The lowest BCUT2D eigenvalue weighted by molar-refractivity contribution is 0.0844. The maximum Gasteiger partial charge on any atom is 0.254 e. The van der Waals surface area contributed by atoms with E-state index in [2.05, 4.69) is 15.3 Å². The molecule has 2 aliphatic rings. The molecule has 4 rings (SSSR count). The number of halogens is 3. The number of anilines is 1. The number of carbonyl (C=O) groups is 1. The largest absolute Gasteiger partial charge is 0.394 e. The normalized spacial score (nSPS) is 19.6. The number of nitrogens with two attached hydrogens (primary N) is 1. The molecule has 0 radical (unpaired) electrons. The highest BCUT2D eigenvalue weighted by Gasteiger charge is 2.25. The van der Waals surface area contributed by atoms with Gasteiger partial charge in [-0.15, -0.1) is 0 Å². The van der Waals surface area contributed by atoms with Crippen molar-refractivity contribution in [2.45, 2.75) is 37.4 Å². The number of aliphatic hydroxyl groups is 1. The van der Waals surface area contributed by atoms with Gasteiger partial charge in [-0.05, 0) is 42.2 Å². The first-order chi connectivity index (χ1) is 16.9. The summed E-state index contributed by atoms with van der Waals surface area (Å²) in [6.45, 7) is -0.149. The summed E-state index contributed by atoms with van der Waals surface area (Å²) in [5.41, 5.74) is 7.62. The van der Waals surface area contributed by atoms with Gasteiger partial charge in [0.15, 0.2) is 0 Å². The quantitative estimate of drug-likeness (QED) is 0.551. The van der Waals surface area contributed by atoms with Crippen molar-refractivity contribution in [3.63, 3.8) is 0 Å². The van der Waals surface area contributed by atoms with Crippen molar-refractivity contribution in [2.24, 2.45) is 0 Å². The molecular weight excluding hydrogens is 461 g/mol. The zero-order valence-corrected chi connectivity index (χ0v) is 19.0. The topological polar surface area (TPSA) is 110 Å². The lowest BCUT2D eigenvalue weighted by atomic mass is 9.93. The van der Waals surface area contributed by atoms with Gasteiger partial charge in [0, 0.05) is 31.1 Å². The second-order valence-electron chi connectivity index (χ2n) is 8.63. The summed E-state index contributed by atoms with van der Waals surface area (Å²) >= 11 is 0. The van der Waals surface area contributed by atoms with Crippen LogP contribution in [0, 0.1) is 5.82 Å². The van der Waals surface area contributed by atoms with Crippen LogP contribution in [0.4, 0.5) is 19.0 Å². The van der Waals surface area contributed by atoms with Gasteiger partial charge in [0.2, 0.25) is 0 Å². The molecule has 1 aromatic heterocycles. The summed E-state index contributed by atoms with van der Waals surface area (Å²) < 4.78 is 47.3. The molecule has 1 saturated heterocycles. The van der Waals surface area contributed by atoms with Crippen molar-refractivity contribution in [1.29, 1.82) is 0 Å². The summed E-state index contributed by atoms with van der Waals surface area (Å²) in [7, 11) is 0. The number of alkyl halides is 2. The van der Waals surface area contributed by atoms with Crippen molar-refractivity contribution in [1.82, 2.24) is 15.3 Å². The first-order valence-electron chi connectivity index (χ1n) is 11.4. The Hall–Kier alpha value is -3.24. The monoisotopic (exact) mass is 488 g/mol. The number of amides is 1. The van der Waals surface area contributed by atoms with Gasteiger partial charge in [0.1, 0.15) is 30.2 Å². The Bertz CT molecular complexity index is 1150. The van der Waals surface area contributed by atoms with Gasteiger partial charge in [-0.1, -0.05) is 12.1 Å². The zero-order valence-electron chi connectivity index (χ0n) is 19.0. The molecule has 1 fully saturated rings. The Morgan fingerprint density at radius 3 is 2.77 bits per heavy atom. The predicted molar refractivity (Wildman–Crippen MR) is 125 cm³/mol. The van der Waals surface area contributed by atoms with Crippen LogP contribution in [-0.2, 0) is 4.74 Å². The summed E-state index contributed by atoms with van der Waals surface area (Å²) in [6.07, 6.45) is 4.27. The summed E-state index contributed by atoms with van der Waals surface area (Å²) in [4.78, 5) is 21.6. The number of rotatable bonds is 7. The van der Waals surface area contributed by atoms with Crippen LogP contribution in [0.1, 0.15) is 41.2 Å². The molecule has 0 spiro atoms. The van der Waals surface area contributed by atoms with Crippen LogP contribution in [0.5, 0.6) is 0 Å². The third kappa shape index (κ3) is 5.71. The Morgan fingerprint density at radius 1 is 1.31 bits per heavy atom. The standard InChI is InChI=1S/C25H27F3N4O3/c26-11-14-7-17(9-18(27)8-14)22(13-33)32-25(34)19-2-1-16(10-20(19)28)23-24(29)30-12-21(31-23)15-3-5-35-6-4-15/h1-2,7-8,10,12,15,18,22,33H,3-6,9,11,13H2,(H2,29,30)(H,32,34)/t18?,22-/m1/s1. The van der Waals surface area contributed by atoms with Gasteiger partial charge < -0.3 is 20.9 Å². The van der Waals surface area contributed by atoms with Gasteiger partial charge in [0.05, 0.1) is 30.1 Å². The van der Waals surface area contributed by atoms with E-state index in [1.807, 2.05) is 0 Å². The Labute approximate surface area is 200 Å². The van der Waals surface area contributed by atoms with Crippen LogP contribution in [0.3, 0.4) is 0 Å². The van der Waals surface area contributed by atoms with Gasteiger partial charge in [-0.2, -0.15) is 0 Å². The summed E-state index contributed by atoms with van der Waals surface area (Å²) in [5, 5.41) is 12.2. The smallest absolute Gasteiger partial charge is 0.254 e. The highest BCUT2D eigenvalue weighted by Crippen LogP contribution is 2.30. The van der Waals surface area contributed by atoms with Crippen LogP contribution in [0.15, 0.2) is 47.7 Å². The first kappa shape index (κ1) is 24.9. The number of ether oxygens (including phenoxy) is 1. The van der Waals surface area contributed by atoms with E-state index in [4.69, 9.17) is 10.5 Å². The Balaban J connectivity index is 1.54. The van der Waals surface area contributed by atoms with Crippen molar-refractivity contribution < 1.29 is 27.8 Å². The number of allylic oxidation sites excluding steroid dienone is 3. The Morgan fingerprint density at radius 2 is 2.09 bits per heavy atom. The van der Waals surface area contributed by atoms with E-state index in [9.17, 15) is 23.1 Å². The average Bonchev–Trinajstić information content (AvgIpc) is 2.87. The molecular formula is C25H27F3N4O3. The van der Waals surface area contributed by atoms with Crippen LogP contribution in [0.2, 0.25) is 0 Å². The van der Waals surface area contributed by atoms with Crippen molar-refractivity contribution in [3.05, 3.63) is 64.8 Å². The van der Waals surface area contributed by atoms with E-state index in [0.717, 1.165) is 30.7 Å². The number of nitrogens with zero attached hydrogens (tertiary/aromatic N) is 2. The highest BCUT2D eigenvalue weighted by atomic mass is 19.1. The number of carbonyl (C=O) groups excluding carboxylic acids is 1. The van der Waals surface area contributed by atoms with E-state index in [0.29, 0.717) is 30.0 Å². The summed E-state index contributed by atoms with van der Waals surface area (Å²) in [5.74, 6) is -1.30. The molecule has 4 N–H and O–H groups in total. The van der Waals surface area contributed by atoms with Gasteiger partial charge in [0.25, 0.3) is 5.91 Å². The fourth-order valence-electron chi connectivity index (χ4n) is 4.34. The van der Waals surface area contributed by atoms with Gasteiger partial charge in [-0.3, -0.25) is 4.79 Å². The van der Waals surface area contributed by atoms with E-state index in [1.54, 1.807) is 6.20 Å². The number of hydrogen-bond acceptors (Lipinski definition) is 6.